The molecule has 164 valence electrons. The molecule has 28 heavy (non-hydrogen) atoms. The van der Waals surface area contributed by atoms with E-state index in [0.717, 1.165) is 51.5 Å². The van der Waals surface area contributed by atoms with Crippen molar-refractivity contribution in [3.63, 3.8) is 0 Å². The van der Waals surface area contributed by atoms with Gasteiger partial charge < -0.3 is 24.6 Å². The maximum absolute atomic E-state index is 12.7. The number of nitrogens with one attached hydrogen (secondary N) is 1. The smallest absolute Gasteiger partial charge is 0.225 e. The molecule has 0 saturated carbocycles. The minimum Gasteiger partial charge on any atom is -0.379 e. The summed E-state index contributed by atoms with van der Waals surface area (Å²) >= 11 is 0. The van der Waals surface area contributed by atoms with Crippen LogP contribution in [0.4, 0.5) is 0 Å². The van der Waals surface area contributed by atoms with Crippen molar-refractivity contribution in [1.29, 1.82) is 0 Å². The van der Waals surface area contributed by atoms with Gasteiger partial charge in [0, 0.05) is 45.8 Å². The second kappa shape index (κ2) is 12.2. The van der Waals surface area contributed by atoms with Crippen LogP contribution in [0.25, 0.3) is 0 Å². The molecule has 0 aromatic rings. The Morgan fingerprint density at radius 3 is 2.29 bits per heavy atom. The van der Waals surface area contributed by atoms with E-state index in [4.69, 9.17) is 14.5 Å². The van der Waals surface area contributed by atoms with Crippen molar-refractivity contribution in [2.24, 2.45) is 16.3 Å². The van der Waals surface area contributed by atoms with Crippen LogP contribution in [-0.2, 0) is 14.3 Å². The predicted molar refractivity (Wildman–Crippen MR) is 123 cm³/mol. The molecule has 0 aliphatic carbocycles. The van der Waals surface area contributed by atoms with E-state index >= 15 is 0 Å². The minimum absolute atomic E-state index is 0. The molecule has 1 amide bonds. The lowest BCUT2D eigenvalue weighted by Gasteiger charge is -2.37. The second-order valence-electron chi connectivity index (χ2n) is 8.48. The monoisotopic (exact) mass is 510 g/mol. The molecule has 7 nitrogen and oxygen atoms in total. The van der Waals surface area contributed by atoms with Crippen molar-refractivity contribution in [3.8, 4) is 0 Å². The molecule has 2 aliphatic heterocycles. The third-order valence-electron chi connectivity index (χ3n) is 5.46. The fraction of sp³-hybridized carbons (Fsp3) is 0.900. The highest BCUT2D eigenvalue weighted by atomic mass is 127. The van der Waals surface area contributed by atoms with Crippen LogP contribution in [0, 0.1) is 11.3 Å². The molecular formula is C20H39IN4O3. The minimum atomic E-state index is 0. The van der Waals surface area contributed by atoms with Gasteiger partial charge >= 0.3 is 0 Å². The van der Waals surface area contributed by atoms with Gasteiger partial charge in [-0.2, -0.15) is 0 Å². The van der Waals surface area contributed by atoms with Gasteiger partial charge in [0.05, 0.1) is 25.9 Å². The summed E-state index contributed by atoms with van der Waals surface area (Å²) in [6, 6.07) is 0. The van der Waals surface area contributed by atoms with Gasteiger partial charge in [0.15, 0.2) is 5.96 Å². The summed E-state index contributed by atoms with van der Waals surface area (Å²) < 4.78 is 11.0. The topological polar surface area (TPSA) is 66.4 Å². The molecule has 8 heteroatoms. The van der Waals surface area contributed by atoms with Crippen LogP contribution in [0.1, 0.15) is 40.5 Å². The lowest BCUT2D eigenvalue weighted by molar-refractivity contribution is -0.140. The Bertz CT molecular complexity index is 496. The second-order valence-corrected chi connectivity index (χ2v) is 8.48. The first-order valence-electron chi connectivity index (χ1n) is 10.3. The maximum Gasteiger partial charge on any atom is 0.225 e. The van der Waals surface area contributed by atoms with Gasteiger partial charge in [-0.1, -0.05) is 20.8 Å². The summed E-state index contributed by atoms with van der Waals surface area (Å²) in [5.74, 6) is 1.36. The number of carbonyl (C=O) groups is 1. The van der Waals surface area contributed by atoms with Gasteiger partial charge in [0.2, 0.25) is 5.91 Å². The number of guanidine groups is 1. The normalized spacial score (nSPS) is 20.5. The Morgan fingerprint density at radius 2 is 1.79 bits per heavy atom. The van der Waals surface area contributed by atoms with E-state index in [2.05, 4.69) is 37.9 Å². The highest BCUT2D eigenvalue weighted by Crippen LogP contribution is 2.23. The van der Waals surface area contributed by atoms with Gasteiger partial charge in [-0.25, -0.2) is 0 Å². The Balaban J connectivity index is 0.00000392. The van der Waals surface area contributed by atoms with Crippen LogP contribution in [0.3, 0.4) is 0 Å². The number of amides is 1. The number of halogens is 1. The van der Waals surface area contributed by atoms with E-state index in [1.54, 1.807) is 7.11 Å². The number of hydrogen-bond acceptors (Lipinski definition) is 4. The number of hydrogen-bond donors (Lipinski definition) is 1. The van der Waals surface area contributed by atoms with Gasteiger partial charge in [-0.3, -0.25) is 9.79 Å². The summed E-state index contributed by atoms with van der Waals surface area (Å²) in [4.78, 5) is 21.8. The molecule has 2 saturated heterocycles. The Kier molecular flexibility index (Phi) is 11.1. The number of methoxy groups -OCH3 is 1. The molecular weight excluding hydrogens is 471 g/mol. The number of ether oxygens (including phenoxy) is 2. The molecule has 0 radical (unpaired) electrons. The van der Waals surface area contributed by atoms with E-state index in [-0.39, 0.29) is 41.4 Å². The zero-order valence-electron chi connectivity index (χ0n) is 18.2. The summed E-state index contributed by atoms with van der Waals surface area (Å²) in [6.07, 6.45) is 1.84. The average Bonchev–Trinajstić information content (AvgIpc) is 2.67. The first-order valence-corrected chi connectivity index (χ1v) is 10.3. The molecule has 2 aliphatic rings. The average molecular weight is 510 g/mol. The van der Waals surface area contributed by atoms with E-state index in [9.17, 15) is 4.79 Å². The molecule has 0 spiro atoms. The zero-order valence-corrected chi connectivity index (χ0v) is 20.5. The molecule has 1 unspecified atom stereocenters. The third-order valence-corrected chi connectivity index (χ3v) is 5.46. The summed E-state index contributed by atoms with van der Waals surface area (Å²) in [5, 5.41) is 3.40. The van der Waals surface area contributed by atoms with E-state index in [1.165, 1.54) is 0 Å². The van der Waals surface area contributed by atoms with Crippen LogP contribution in [0.5, 0.6) is 0 Å². The summed E-state index contributed by atoms with van der Waals surface area (Å²) in [5.41, 5.74) is 0.0488. The highest BCUT2D eigenvalue weighted by molar-refractivity contribution is 14.0. The lowest BCUT2D eigenvalue weighted by Crippen LogP contribution is -2.50. The van der Waals surface area contributed by atoms with Crippen molar-refractivity contribution in [1.82, 2.24) is 15.1 Å². The lowest BCUT2D eigenvalue weighted by atomic mass is 9.89. The first-order chi connectivity index (χ1) is 12.9. The van der Waals surface area contributed by atoms with Gasteiger partial charge in [-0.05, 0) is 25.2 Å². The van der Waals surface area contributed by atoms with Crippen LogP contribution in [0.15, 0.2) is 4.99 Å². The van der Waals surface area contributed by atoms with Crippen molar-refractivity contribution in [3.05, 3.63) is 0 Å². The van der Waals surface area contributed by atoms with E-state index in [0.29, 0.717) is 25.7 Å². The number of aliphatic imine (C=N–C) groups is 1. The summed E-state index contributed by atoms with van der Waals surface area (Å²) in [6.45, 7) is 14.6. The molecule has 2 fully saturated rings. The number of piperidine rings is 1. The summed E-state index contributed by atoms with van der Waals surface area (Å²) in [7, 11) is 1.75. The van der Waals surface area contributed by atoms with Crippen molar-refractivity contribution in [2.45, 2.75) is 46.6 Å². The number of likely N-dealkylation sites (tertiary alicyclic amines) is 1. The fourth-order valence-electron chi connectivity index (χ4n) is 3.68. The Hall–Kier alpha value is -0.610. The Labute approximate surface area is 187 Å². The van der Waals surface area contributed by atoms with Crippen LogP contribution in [0.2, 0.25) is 0 Å². The molecule has 1 N–H and O–H groups in total. The maximum atomic E-state index is 12.7. The highest BCUT2D eigenvalue weighted by Gasteiger charge is 2.31. The van der Waals surface area contributed by atoms with Crippen molar-refractivity contribution < 1.29 is 14.3 Å². The predicted octanol–water partition coefficient (Wildman–Crippen LogP) is 2.20. The standard InChI is InChI=1S/C20H38N4O3.HI/c1-6-21-19(22-15-17(26-5)20(2,3)4)24-9-7-16(8-10-24)18(25)23-11-13-27-14-12-23;/h16-17H,6-15H2,1-5H3,(H,21,22);1H. The number of nitrogens with zero attached hydrogens (tertiary/aromatic N) is 3. The SMILES string of the molecule is CCNC(=NCC(OC)C(C)(C)C)N1CCC(C(=O)N2CCOCC2)CC1.I. The quantitative estimate of drug-likeness (QED) is 0.349. The van der Waals surface area contributed by atoms with Crippen LogP contribution < -0.4 is 5.32 Å². The van der Waals surface area contributed by atoms with Crippen molar-refractivity contribution >= 4 is 35.8 Å². The van der Waals surface area contributed by atoms with Gasteiger partial charge in [-0.15, -0.1) is 24.0 Å². The van der Waals surface area contributed by atoms with Gasteiger partial charge in [0.1, 0.15) is 0 Å². The fourth-order valence-corrected chi connectivity index (χ4v) is 3.68. The molecule has 2 heterocycles. The number of rotatable bonds is 5. The van der Waals surface area contributed by atoms with Gasteiger partial charge in [0.25, 0.3) is 0 Å². The van der Waals surface area contributed by atoms with Crippen LogP contribution in [-0.4, -0.2) is 87.4 Å². The molecule has 1 atom stereocenters. The van der Waals surface area contributed by atoms with Crippen molar-refractivity contribution in [2.75, 3.05) is 59.6 Å². The Morgan fingerprint density at radius 1 is 1.18 bits per heavy atom. The first kappa shape index (κ1) is 25.4. The molecule has 0 aromatic carbocycles. The number of carbonyl (C=O) groups excluding carboxylic acids is 1. The number of morpholine rings is 1. The largest absolute Gasteiger partial charge is 0.379 e. The van der Waals surface area contributed by atoms with E-state index < -0.39 is 0 Å². The molecule has 0 bridgehead atoms. The molecule has 2 rings (SSSR count). The van der Waals surface area contributed by atoms with Crippen LogP contribution >= 0.6 is 24.0 Å². The zero-order chi connectivity index (χ0) is 19.9. The van der Waals surface area contributed by atoms with E-state index in [1.807, 2.05) is 4.90 Å². The molecule has 0 aromatic heterocycles. The third kappa shape index (κ3) is 7.33.